The SMILES string of the molecule is CC/C=C\C/C=C\C/C=C\C/C=C\C/C=C\C/C=C\C/C=C\C/C=C\C/C=C\C/C=C\CCCCC(=O)NC(CO)C(O)/C=C/CCCCCCCCCCCCCCCCCCCCCCCCCCCCCCC. The Kier molecular flexibility index (Phi) is 62.8. The molecule has 1 amide bonds. The predicted octanol–water partition coefficient (Wildman–Crippen LogP) is 22.1. The summed E-state index contributed by atoms with van der Waals surface area (Å²) in [6, 6.07) is -0.658. The van der Waals surface area contributed by atoms with Crippen LogP contribution in [0.15, 0.2) is 134 Å². The Morgan fingerprint density at radius 3 is 0.868 bits per heavy atom. The second-order valence-corrected chi connectivity index (χ2v) is 21.5. The minimum atomic E-state index is -0.870. The smallest absolute Gasteiger partial charge is 0.220 e. The third-order valence-corrected chi connectivity index (χ3v) is 14.1. The van der Waals surface area contributed by atoms with Crippen LogP contribution >= 0.6 is 0 Å². The zero-order chi connectivity index (χ0) is 54.8. The lowest BCUT2D eigenvalue weighted by Gasteiger charge is -2.19. The van der Waals surface area contributed by atoms with E-state index in [1.807, 2.05) is 6.08 Å². The maximum Gasteiger partial charge on any atom is 0.220 e. The molecule has 0 radical (unpaired) electrons. The normalized spacial score (nSPS) is 13.7. The van der Waals surface area contributed by atoms with Crippen LogP contribution in [0.3, 0.4) is 0 Å². The fraction of sp³-hybridized carbons (Fsp3) is 0.681. The molecule has 0 rings (SSSR count). The van der Waals surface area contributed by atoms with E-state index < -0.39 is 12.1 Å². The van der Waals surface area contributed by atoms with E-state index in [1.165, 1.54) is 180 Å². The molecule has 76 heavy (non-hydrogen) atoms. The second-order valence-electron chi connectivity index (χ2n) is 21.5. The van der Waals surface area contributed by atoms with Crippen molar-refractivity contribution in [2.75, 3.05) is 6.61 Å². The summed E-state index contributed by atoms with van der Waals surface area (Å²) in [7, 11) is 0. The molecule has 4 heteroatoms. The van der Waals surface area contributed by atoms with Crippen molar-refractivity contribution in [1.29, 1.82) is 0 Å². The Balaban J connectivity index is 3.63. The molecule has 0 aliphatic heterocycles. The standard InChI is InChI=1S/C72H123NO3/c1-3-5-7-9-11-13-15-17-19-21-23-25-27-29-31-33-35-36-38-40-42-44-46-48-50-52-54-56-58-60-62-64-66-68-72(76)73-70(69-74)71(75)67-65-63-61-59-57-55-53-51-49-47-45-43-41-39-37-34-32-30-28-26-24-22-20-18-16-14-12-10-8-6-4-2/h5,7,11,13,17,19,23,25,29,31,35-36,40,42,46,48,52,54,58,60,65,67,70-71,74-75H,3-4,6,8-10,12,14-16,18,20-22,24,26-28,30,32-34,37-39,41,43-45,47,49-51,53,55-57,59,61-64,66,68-69H2,1-2H3,(H,73,76)/b7-5-,13-11-,19-17-,25-23-,31-29-,36-35-,42-40-,48-46-,54-52-,60-58-,67-65+. The molecule has 0 fully saturated rings. The fourth-order valence-corrected chi connectivity index (χ4v) is 9.27. The van der Waals surface area contributed by atoms with E-state index in [4.69, 9.17) is 0 Å². The summed E-state index contributed by atoms with van der Waals surface area (Å²) in [4.78, 5) is 12.5. The maximum atomic E-state index is 12.5. The summed E-state index contributed by atoms with van der Waals surface area (Å²) in [5.41, 5.74) is 0. The van der Waals surface area contributed by atoms with Crippen molar-refractivity contribution in [3.05, 3.63) is 134 Å². The Morgan fingerprint density at radius 1 is 0.329 bits per heavy atom. The first-order chi connectivity index (χ1) is 37.7. The maximum absolute atomic E-state index is 12.5. The highest BCUT2D eigenvalue weighted by Gasteiger charge is 2.18. The largest absolute Gasteiger partial charge is 0.394 e. The van der Waals surface area contributed by atoms with E-state index >= 15 is 0 Å². The fourth-order valence-electron chi connectivity index (χ4n) is 9.27. The van der Waals surface area contributed by atoms with Gasteiger partial charge in [0.25, 0.3) is 0 Å². The summed E-state index contributed by atoms with van der Waals surface area (Å²) in [6.45, 7) is 4.19. The first kappa shape index (κ1) is 72.5. The van der Waals surface area contributed by atoms with Crippen LogP contribution in [-0.4, -0.2) is 34.9 Å². The molecule has 0 heterocycles. The molecule has 434 valence electrons. The van der Waals surface area contributed by atoms with Crippen molar-refractivity contribution in [2.45, 2.75) is 309 Å². The number of aliphatic hydroxyl groups excluding tert-OH is 2. The van der Waals surface area contributed by atoms with Gasteiger partial charge < -0.3 is 15.5 Å². The number of rotatable bonds is 58. The van der Waals surface area contributed by atoms with E-state index in [-0.39, 0.29) is 12.5 Å². The summed E-state index contributed by atoms with van der Waals surface area (Å²) in [5.74, 6) is -0.109. The van der Waals surface area contributed by atoms with Crippen LogP contribution < -0.4 is 5.32 Å². The quantitative estimate of drug-likeness (QED) is 0.0420. The number of carbonyl (C=O) groups is 1. The molecule has 3 N–H and O–H groups in total. The van der Waals surface area contributed by atoms with Crippen LogP contribution in [0.25, 0.3) is 0 Å². The molecule has 0 aliphatic carbocycles. The van der Waals surface area contributed by atoms with Crippen LogP contribution in [0, 0.1) is 0 Å². The molecule has 2 atom stereocenters. The lowest BCUT2D eigenvalue weighted by atomic mass is 10.0. The van der Waals surface area contributed by atoms with Gasteiger partial charge in [-0.1, -0.05) is 327 Å². The molecule has 0 bridgehead atoms. The number of allylic oxidation sites excluding steroid dienone is 21. The number of hydrogen-bond donors (Lipinski definition) is 3. The number of unbranched alkanes of at least 4 members (excludes halogenated alkanes) is 31. The molecule has 0 spiro atoms. The molecule has 0 saturated carbocycles. The minimum Gasteiger partial charge on any atom is -0.394 e. The van der Waals surface area contributed by atoms with Crippen molar-refractivity contribution in [1.82, 2.24) is 5.32 Å². The predicted molar refractivity (Wildman–Crippen MR) is 340 cm³/mol. The van der Waals surface area contributed by atoms with Crippen molar-refractivity contribution in [2.24, 2.45) is 0 Å². The minimum absolute atomic E-state index is 0.109. The molecule has 0 aromatic heterocycles. The van der Waals surface area contributed by atoms with Crippen LogP contribution in [0.4, 0.5) is 0 Å². The Morgan fingerprint density at radius 2 is 0.579 bits per heavy atom. The topological polar surface area (TPSA) is 69.6 Å². The highest BCUT2D eigenvalue weighted by molar-refractivity contribution is 5.76. The summed E-state index contributed by atoms with van der Waals surface area (Å²) in [5, 5.41) is 23.2. The number of amides is 1. The van der Waals surface area contributed by atoms with Gasteiger partial charge in [-0.05, 0) is 96.3 Å². The van der Waals surface area contributed by atoms with Gasteiger partial charge in [0, 0.05) is 6.42 Å². The van der Waals surface area contributed by atoms with Crippen molar-refractivity contribution in [3.63, 3.8) is 0 Å². The summed E-state index contributed by atoms with van der Waals surface area (Å²) < 4.78 is 0. The summed E-state index contributed by atoms with van der Waals surface area (Å²) >= 11 is 0. The number of aliphatic hydroxyl groups is 2. The van der Waals surface area contributed by atoms with E-state index in [9.17, 15) is 15.0 Å². The molecule has 0 aromatic rings. The van der Waals surface area contributed by atoms with Gasteiger partial charge in [-0.2, -0.15) is 0 Å². The van der Waals surface area contributed by atoms with Crippen molar-refractivity contribution < 1.29 is 15.0 Å². The first-order valence-corrected chi connectivity index (χ1v) is 32.4. The highest BCUT2D eigenvalue weighted by atomic mass is 16.3. The Bertz CT molecular complexity index is 1520. The van der Waals surface area contributed by atoms with Crippen molar-refractivity contribution >= 4 is 5.91 Å². The lowest BCUT2D eigenvalue weighted by Crippen LogP contribution is -2.45. The molecular weight excluding hydrogens is 927 g/mol. The number of hydrogen-bond acceptors (Lipinski definition) is 3. The van der Waals surface area contributed by atoms with Gasteiger partial charge in [0.15, 0.2) is 0 Å². The molecule has 2 unspecified atom stereocenters. The Labute approximate surface area is 472 Å². The van der Waals surface area contributed by atoms with E-state index in [1.54, 1.807) is 6.08 Å². The highest BCUT2D eigenvalue weighted by Crippen LogP contribution is 2.17. The Hall–Kier alpha value is -3.47. The number of carbonyl (C=O) groups excluding carboxylic acids is 1. The van der Waals surface area contributed by atoms with Crippen LogP contribution in [-0.2, 0) is 4.79 Å². The van der Waals surface area contributed by atoms with Gasteiger partial charge in [-0.3, -0.25) is 4.79 Å². The molecule has 0 saturated heterocycles. The lowest BCUT2D eigenvalue weighted by molar-refractivity contribution is -0.123. The van der Waals surface area contributed by atoms with Gasteiger partial charge in [-0.25, -0.2) is 0 Å². The second kappa shape index (κ2) is 65.8. The van der Waals surface area contributed by atoms with Crippen LogP contribution in [0.1, 0.15) is 296 Å². The van der Waals surface area contributed by atoms with Crippen LogP contribution in [0.2, 0.25) is 0 Å². The molecule has 0 aliphatic rings. The molecule has 4 nitrogen and oxygen atoms in total. The third-order valence-electron chi connectivity index (χ3n) is 14.1. The van der Waals surface area contributed by atoms with Gasteiger partial charge in [-0.15, -0.1) is 0 Å². The average Bonchev–Trinajstić information content (AvgIpc) is 3.42. The average molecular weight is 1050 g/mol. The molecule has 0 aromatic carbocycles. The van der Waals surface area contributed by atoms with Gasteiger partial charge in [0.2, 0.25) is 5.91 Å². The number of nitrogens with one attached hydrogen (secondary N) is 1. The van der Waals surface area contributed by atoms with Gasteiger partial charge in [0.05, 0.1) is 18.8 Å². The van der Waals surface area contributed by atoms with Crippen molar-refractivity contribution in [3.8, 4) is 0 Å². The third kappa shape index (κ3) is 61.4. The van der Waals surface area contributed by atoms with Gasteiger partial charge >= 0.3 is 0 Å². The van der Waals surface area contributed by atoms with Gasteiger partial charge in [0.1, 0.15) is 0 Å². The van der Waals surface area contributed by atoms with E-state index in [2.05, 4.69) is 141 Å². The zero-order valence-corrected chi connectivity index (χ0v) is 50.0. The monoisotopic (exact) mass is 1050 g/mol. The first-order valence-electron chi connectivity index (χ1n) is 32.4. The van der Waals surface area contributed by atoms with Crippen LogP contribution in [0.5, 0.6) is 0 Å². The van der Waals surface area contributed by atoms with E-state index in [0.29, 0.717) is 6.42 Å². The molecular formula is C72H123NO3. The summed E-state index contributed by atoms with van der Waals surface area (Å²) in [6.07, 6.45) is 102. The van der Waals surface area contributed by atoms with E-state index in [0.717, 1.165) is 96.3 Å². The zero-order valence-electron chi connectivity index (χ0n) is 50.0.